The highest BCUT2D eigenvalue weighted by Crippen LogP contribution is 2.23. The zero-order valence-corrected chi connectivity index (χ0v) is 12.0. The summed E-state index contributed by atoms with van der Waals surface area (Å²) in [7, 11) is 0. The lowest BCUT2D eigenvalue weighted by atomic mass is 9.89. The molecule has 0 bridgehead atoms. The van der Waals surface area contributed by atoms with Crippen LogP contribution in [-0.2, 0) is 9.53 Å². The first kappa shape index (κ1) is 16.3. The van der Waals surface area contributed by atoms with Crippen molar-refractivity contribution in [2.75, 3.05) is 6.61 Å². The van der Waals surface area contributed by atoms with Gasteiger partial charge in [-0.05, 0) is 13.8 Å². The molecule has 1 heterocycles. The molecule has 0 aliphatic carbocycles. The van der Waals surface area contributed by atoms with Gasteiger partial charge in [-0.15, -0.1) is 0 Å². The van der Waals surface area contributed by atoms with E-state index in [2.05, 4.69) is 4.98 Å². The standard InChI is InChI=1S/C13H20N2O5/c1-8-5-15(12(19)14-11(8)18)9(2)20-10(6-16)13(3,4)7-17/h5,7,9-10,16H,6H2,1-4H3,(H,14,18,19). The molecule has 7 heteroatoms. The predicted octanol–water partition coefficient (Wildman–Crippen LogP) is -0.0339. The molecule has 0 aliphatic rings. The van der Waals surface area contributed by atoms with Crippen LogP contribution in [0.15, 0.2) is 15.8 Å². The number of nitrogens with one attached hydrogen (secondary N) is 1. The average molecular weight is 284 g/mol. The predicted molar refractivity (Wildman–Crippen MR) is 72.6 cm³/mol. The lowest BCUT2D eigenvalue weighted by molar-refractivity contribution is -0.139. The second kappa shape index (κ2) is 6.15. The van der Waals surface area contributed by atoms with Gasteiger partial charge in [-0.25, -0.2) is 4.79 Å². The number of hydrogen-bond acceptors (Lipinski definition) is 5. The highest BCUT2D eigenvalue weighted by atomic mass is 16.5. The van der Waals surface area contributed by atoms with Crippen LogP contribution in [0.1, 0.15) is 32.6 Å². The molecule has 0 aromatic carbocycles. The molecule has 2 N–H and O–H groups in total. The number of aliphatic hydroxyl groups excluding tert-OH is 1. The summed E-state index contributed by atoms with van der Waals surface area (Å²) < 4.78 is 6.79. The summed E-state index contributed by atoms with van der Waals surface area (Å²) in [6.45, 7) is 6.08. The SMILES string of the molecule is Cc1cn(C(C)OC(CO)C(C)(C)C=O)c(=O)[nH]c1=O. The fourth-order valence-corrected chi connectivity index (χ4v) is 1.69. The smallest absolute Gasteiger partial charge is 0.330 e. The Morgan fingerprint density at radius 3 is 2.60 bits per heavy atom. The Kier molecular flexibility index (Phi) is 5.02. The molecule has 0 saturated heterocycles. The summed E-state index contributed by atoms with van der Waals surface area (Å²) in [5.41, 5.74) is -1.57. The molecule has 1 aromatic rings. The van der Waals surface area contributed by atoms with Crippen molar-refractivity contribution in [1.82, 2.24) is 9.55 Å². The zero-order chi connectivity index (χ0) is 15.5. The number of ether oxygens (including phenoxy) is 1. The Bertz CT molecular complexity index is 587. The maximum atomic E-state index is 11.7. The third-order valence-corrected chi connectivity index (χ3v) is 3.20. The van der Waals surface area contributed by atoms with Gasteiger partial charge in [-0.3, -0.25) is 14.3 Å². The number of aldehydes is 1. The fourth-order valence-electron chi connectivity index (χ4n) is 1.69. The largest absolute Gasteiger partial charge is 0.394 e. The highest BCUT2D eigenvalue weighted by molar-refractivity contribution is 5.59. The van der Waals surface area contributed by atoms with Crippen molar-refractivity contribution in [3.05, 3.63) is 32.6 Å². The van der Waals surface area contributed by atoms with Crippen LogP contribution in [-0.4, -0.2) is 33.7 Å². The molecule has 0 radical (unpaired) electrons. The van der Waals surface area contributed by atoms with Gasteiger partial charge in [0.25, 0.3) is 5.56 Å². The summed E-state index contributed by atoms with van der Waals surface area (Å²) in [6, 6.07) is 0. The Balaban J connectivity index is 3.04. The first-order valence-electron chi connectivity index (χ1n) is 6.27. The van der Waals surface area contributed by atoms with E-state index in [-0.39, 0.29) is 6.61 Å². The maximum absolute atomic E-state index is 11.7. The van der Waals surface area contributed by atoms with Gasteiger partial charge in [-0.2, -0.15) is 0 Å². The van der Waals surface area contributed by atoms with Crippen LogP contribution >= 0.6 is 0 Å². The number of carbonyl (C=O) groups excluding carboxylic acids is 1. The van der Waals surface area contributed by atoms with E-state index in [0.29, 0.717) is 11.8 Å². The van der Waals surface area contributed by atoms with Crippen molar-refractivity contribution in [2.24, 2.45) is 5.41 Å². The molecule has 2 unspecified atom stereocenters. The molecule has 0 amide bonds. The number of hydrogen-bond donors (Lipinski definition) is 2. The first-order valence-corrected chi connectivity index (χ1v) is 6.27. The summed E-state index contributed by atoms with van der Waals surface area (Å²) in [4.78, 5) is 36.2. The van der Waals surface area contributed by atoms with Gasteiger partial charge >= 0.3 is 5.69 Å². The van der Waals surface area contributed by atoms with Crippen LogP contribution in [0, 0.1) is 12.3 Å². The molecule has 1 rings (SSSR count). The normalized spacial score (nSPS) is 14.8. The fraction of sp³-hybridized carbons (Fsp3) is 0.615. The van der Waals surface area contributed by atoms with Crippen LogP contribution in [0.25, 0.3) is 0 Å². The number of nitrogens with zero attached hydrogens (tertiary/aromatic N) is 1. The summed E-state index contributed by atoms with van der Waals surface area (Å²) >= 11 is 0. The average Bonchev–Trinajstić information content (AvgIpc) is 2.39. The van der Waals surface area contributed by atoms with E-state index in [4.69, 9.17) is 4.74 Å². The lowest BCUT2D eigenvalue weighted by Gasteiger charge is -2.30. The van der Waals surface area contributed by atoms with Crippen LogP contribution in [0.2, 0.25) is 0 Å². The monoisotopic (exact) mass is 284 g/mol. The zero-order valence-electron chi connectivity index (χ0n) is 12.0. The Hall–Kier alpha value is -1.73. The molecule has 0 spiro atoms. The van der Waals surface area contributed by atoms with Gasteiger partial charge in [0, 0.05) is 17.2 Å². The third-order valence-electron chi connectivity index (χ3n) is 3.20. The number of carbonyl (C=O) groups is 1. The topological polar surface area (TPSA) is 101 Å². The van der Waals surface area contributed by atoms with E-state index in [1.54, 1.807) is 27.7 Å². The minimum Gasteiger partial charge on any atom is -0.394 e. The minimum absolute atomic E-state index is 0.354. The van der Waals surface area contributed by atoms with Gasteiger partial charge < -0.3 is 14.6 Å². The Morgan fingerprint density at radius 2 is 2.10 bits per heavy atom. The van der Waals surface area contributed by atoms with Gasteiger partial charge in [-0.1, -0.05) is 13.8 Å². The number of aromatic amines is 1. The van der Waals surface area contributed by atoms with Gasteiger partial charge in [0.1, 0.15) is 12.5 Å². The molecule has 20 heavy (non-hydrogen) atoms. The highest BCUT2D eigenvalue weighted by Gasteiger charge is 2.31. The van der Waals surface area contributed by atoms with Crippen LogP contribution in [0.4, 0.5) is 0 Å². The van der Waals surface area contributed by atoms with E-state index in [0.717, 1.165) is 0 Å². The van der Waals surface area contributed by atoms with Crippen molar-refractivity contribution < 1.29 is 14.6 Å². The van der Waals surface area contributed by atoms with Crippen molar-refractivity contribution >= 4 is 6.29 Å². The van der Waals surface area contributed by atoms with Crippen molar-refractivity contribution in [3.8, 4) is 0 Å². The quantitative estimate of drug-likeness (QED) is 0.714. The van der Waals surface area contributed by atoms with Crippen molar-refractivity contribution in [2.45, 2.75) is 40.0 Å². The Labute approximate surface area is 116 Å². The molecule has 1 aromatic heterocycles. The summed E-state index contributed by atoms with van der Waals surface area (Å²) in [5.74, 6) is 0. The first-order chi connectivity index (χ1) is 9.22. The molecule has 2 atom stereocenters. The Morgan fingerprint density at radius 1 is 1.50 bits per heavy atom. The lowest BCUT2D eigenvalue weighted by Crippen LogP contribution is -2.40. The van der Waals surface area contributed by atoms with Crippen LogP contribution in [0.5, 0.6) is 0 Å². The molecule has 0 saturated carbocycles. The molecule has 7 nitrogen and oxygen atoms in total. The molecule has 0 aliphatic heterocycles. The second-order valence-electron chi connectivity index (χ2n) is 5.32. The van der Waals surface area contributed by atoms with Crippen LogP contribution in [0.3, 0.4) is 0 Å². The van der Waals surface area contributed by atoms with Crippen LogP contribution < -0.4 is 11.2 Å². The number of aryl methyl sites for hydroxylation is 1. The number of aliphatic hydroxyl groups is 1. The summed E-state index contributed by atoms with van der Waals surface area (Å²) in [5, 5.41) is 9.33. The van der Waals surface area contributed by atoms with Gasteiger partial charge in [0.2, 0.25) is 0 Å². The van der Waals surface area contributed by atoms with E-state index < -0.39 is 29.0 Å². The molecular weight excluding hydrogens is 264 g/mol. The van der Waals surface area contributed by atoms with E-state index in [1.165, 1.54) is 10.8 Å². The van der Waals surface area contributed by atoms with Gasteiger partial charge in [0.15, 0.2) is 0 Å². The van der Waals surface area contributed by atoms with E-state index >= 15 is 0 Å². The molecular formula is C13H20N2O5. The molecule has 112 valence electrons. The number of H-pyrrole nitrogens is 1. The third kappa shape index (κ3) is 3.43. The van der Waals surface area contributed by atoms with E-state index in [9.17, 15) is 19.5 Å². The van der Waals surface area contributed by atoms with Gasteiger partial charge in [0.05, 0.1) is 12.7 Å². The number of rotatable bonds is 6. The second-order valence-corrected chi connectivity index (χ2v) is 5.32. The molecule has 0 fully saturated rings. The number of aromatic nitrogens is 2. The van der Waals surface area contributed by atoms with Crippen molar-refractivity contribution in [1.29, 1.82) is 0 Å². The summed E-state index contributed by atoms with van der Waals surface area (Å²) in [6.07, 6.45) is 0.596. The van der Waals surface area contributed by atoms with E-state index in [1.807, 2.05) is 0 Å². The minimum atomic E-state index is -0.885. The maximum Gasteiger partial charge on any atom is 0.330 e. The van der Waals surface area contributed by atoms with Crippen molar-refractivity contribution in [3.63, 3.8) is 0 Å².